The first-order chi connectivity index (χ1) is 15.1. The van der Waals surface area contributed by atoms with Gasteiger partial charge in [0.25, 0.3) is 5.91 Å². The van der Waals surface area contributed by atoms with Crippen molar-refractivity contribution in [1.82, 2.24) is 20.2 Å². The van der Waals surface area contributed by atoms with Crippen LogP contribution in [-0.2, 0) is 19.6 Å². The van der Waals surface area contributed by atoms with Crippen molar-refractivity contribution in [3.05, 3.63) is 77.3 Å². The van der Waals surface area contributed by atoms with Gasteiger partial charge in [0.2, 0.25) is 0 Å². The van der Waals surface area contributed by atoms with Crippen LogP contribution in [0.25, 0.3) is 0 Å². The van der Waals surface area contributed by atoms with E-state index < -0.39 is 6.10 Å². The number of hydrogen-bond donors (Lipinski definition) is 2. The number of oxazole rings is 1. The minimum absolute atomic E-state index is 0.207. The molecule has 0 aliphatic carbocycles. The Morgan fingerprint density at radius 1 is 1.29 bits per heavy atom. The summed E-state index contributed by atoms with van der Waals surface area (Å²) < 4.78 is 11.2. The van der Waals surface area contributed by atoms with E-state index in [-0.39, 0.29) is 12.5 Å². The van der Waals surface area contributed by atoms with E-state index in [9.17, 15) is 9.90 Å². The number of benzene rings is 1. The van der Waals surface area contributed by atoms with Gasteiger partial charge in [-0.1, -0.05) is 6.07 Å². The number of carbonyl (C=O) groups excluding carboxylic acids is 1. The molecule has 1 amide bonds. The highest BCUT2D eigenvalue weighted by atomic mass is 16.5. The lowest BCUT2D eigenvalue weighted by Crippen LogP contribution is -2.42. The van der Waals surface area contributed by atoms with Crippen molar-refractivity contribution in [2.24, 2.45) is 0 Å². The van der Waals surface area contributed by atoms with Crippen LogP contribution in [0.4, 0.5) is 0 Å². The second kappa shape index (κ2) is 9.72. The summed E-state index contributed by atoms with van der Waals surface area (Å²) in [5, 5.41) is 13.1. The number of pyridine rings is 1. The molecule has 31 heavy (non-hydrogen) atoms. The molecule has 1 atom stereocenters. The SMILES string of the molecule is Cc1ncoc1COc1ccc2c(c1)CCN(C[C@@H](O)CNC(=O)c1ccncc1)C2. The van der Waals surface area contributed by atoms with E-state index in [1.54, 1.807) is 24.5 Å². The van der Waals surface area contributed by atoms with Crippen LogP contribution >= 0.6 is 0 Å². The molecule has 1 aromatic carbocycles. The summed E-state index contributed by atoms with van der Waals surface area (Å²) in [6.45, 7) is 4.55. The maximum atomic E-state index is 12.1. The number of nitrogens with one attached hydrogen (secondary N) is 1. The van der Waals surface area contributed by atoms with Gasteiger partial charge in [-0.15, -0.1) is 0 Å². The molecular weight excluding hydrogens is 396 g/mol. The second-order valence-corrected chi connectivity index (χ2v) is 7.66. The maximum absolute atomic E-state index is 12.1. The van der Waals surface area contributed by atoms with E-state index >= 15 is 0 Å². The summed E-state index contributed by atoms with van der Waals surface area (Å²) in [5.74, 6) is 1.33. The largest absolute Gasteiger partial charge is 0.486 e. The Labute approximate surface area is 180 Å². The van der Waals surface area contributed by atoms with Gasteiger partial charge in [0.1, 0.15) is 12.4 Å². The first-order valence-electron chi connectivity index (χ1n) is 10.3. The number of aliphatic hydroxyl groups excluding tert-OH is 1. The van der Waals surface area contributed by atoms with Gasteiger partial charge < -0.3 is 19.6 Å². The fraction of sp³-hybridized carbons (Fsp3) is 0.348. The Kier molecular flexibility index (Phi) is 6.59. The van der Waals surface area contributed by atoms with Crippen LogP contribution in [0.5, 0.6) is 5.75 Å². The second-order valence-electron chi connectivity index (χ2n) is 7.66. The van der Waals surface area contributed by atoms with Crippen molar-refractivity contribution in [2.45, 2.75) is 32.6 Å². The molecule has 2 N–H and O–H groups in total. The van der Waals surface area contributed by atoms with Crippen LogP contribution in [0, 0.1) is 6.92 Å². The van der Waals surface area contributed by atoms with Crippen molar-refractivity contribution in [1.29, 1.82) is 0 Å². The van der Waals surface area contributed by atoms with Gasteiger partial charge in [-0.3, -0.25) is 14.7 Å². The van der Waals surface area contributed by atoms with Crippen molar-refractivity contribution in [3.63, 3.8) is 0 Å². The molecule has 4 rings (SSSR count). The number of rotatable bonds is 8. The van der Waals surface area contributed by atoms with Crippen molar-refractivity contribution >= 4 is 5.91 Å². The first kappa shape index (κ1) is 21.0. The molecule has 3 aromatic rings. The molecule has 0 saturated carbocycles. The number of aryl methyl sites for hydroxylation is 1. The summed E-state index contributed by atoms with van der Waals surface area (Å²) >= 11 is 0. The number of aliphatic hydroxyl groups is 1. The number of amides is 1. The monoisotopic (exact) mass is 422 g/mol. The van der Waals surface area contributed by atoms with Crippen LogP contribution in [0.3, 0.4) is 0 Å². The molecule has 0 radical (unpaired) electrons. The minimum atomic E-state index is -0.639. The summed E-state index contributed by atoms with van der Waals surface area (Å²) in [6.07, 6.45) is 4.81. The highest BCUT2D eigenvalue weighted by molar-refractivity contribution is 5.93. The molecule has 0 saturated heterocycles. The average Bonchev–Trinajstić information content (AvgIpc) is 3.21. The fourth-order valence-corrected chi connectivity index (χ4v) is 3.63. The Bertz CT molecular complexity index is 1020. The van der Waals surface area contributed by atoms with E-state index in [2.05, 4.69) is 32.3 Å². The summed E-state index contributed by atoms with van der Waals surface area (Å²) in [6, 6.07) is 9.40. The van der Waals surface area contributed by atoms with Gasteiger partial charge in [0, 0.05) is 44.1 Å². The van der Waals surface area contributed by atoms with Crippen LogP contribution in [0.1, 0.15) is 32.9 Å². The molecule has 0 unspecified atom stereocenters. The quantitative estimate of drug-likeness (QED) is 0.573. The van der Waals surface area contributed by atoms with Crippen LogP contribution < -0.4 is 10.1 Å². The van der Waals surface area contributed by atoms with Crippen molar-refractivity contribution in [2.75, 3.05) is 19.6 Å². The molecule has 0 spiro atoms. The molecule has 3 heterocycles. The normalized spacial score (nSPS) is 14.6. The van der Waals surface area contributed by atoms with E-state index in [1.807, 2.05) is 13.0 Å². The molecular formula is C23H26N4O4. The molecule has 0 bridgehead atoms. The Morgan fingerprint density at radius 3 is 2.90 bits per heavy atom. The molecule has 8 nitrogen and oxygen atoms in total. The van der Waals surface area contributed by atoms with E-state index in [0.717, 1.165) is 36.7 Å². The number of nitrogens with zero attached hydrogens (tertiary/aromatic N) is 3. The predicted octanol–water partition coefficient (Wildman–Crippen LogP) is 2.11. The average molecular weight is 422 g/mol. The molecule has 8 heteroatoms. The van der Waals surface area contributed by atoms with Gasteiger partial charge in [0.15, 0.2) is 12.2 Å². The number of aromatic nitrogens is 2. The minimum Gasteiger partial charge on any atom is -0.486 e. The zero-order chi connectivity index (χ0) is 21.6. The van der Waals surface area contributed by atoms with E-state index in [0.29, 0.717) is 18.7 Å². The van der Waals surface area contributed by atoms with Crippen molar-refractivity contribution < 1.29 is 19.1 Å². The smallest absolute Gasteiger partial charge is 0.251 e. The zero-order valence-corrected chi connectivity index (χ0v) is 17.5. The van der Waals surface area contributed by atoms with Crippen molar-refractivity contribution in [3.8, 4) is 5.75 Å². The van der Waals surface area contributed by atoms with Gasteiger partial charge in [0.05, 0.1) is 11.8 Å². The lowest BCUT2D eigenvalue weighted by atomic mass is 9.99. The topological polar surface area (TPSA) is 101 Å². The van der Waals surface area contributed by atoms with Gasteiger partial charge >= 0.3 is 0 Å². The number of fused-ring (bicyclic) bond motifs is 1. The maximum Gasteiger partial charge on any atom is 0.251 e. The number of β-amino-alcohol motifs (C(OH)–C–C–N with tert-alkyl or cyclic N) is 1. The molecule has 162 valence electrons. The third kappa shape index (κ3) is 5.48. The molecule has 0 fully saturated rings. The van der Waals surface area contributed by atoms with Crippen LogP contribution in [0.15, 0.2) is 53.5 Å². The molecule has 2 aromatic heterocycles. The molecule has 1 aliphatic rings. The number of ether oxygens (including phenoxy) is 1. The highest BCUT2D eigenvalue weighted by Crippen LogP contribution is 2.25. The summed E-state index contributed by atoms with van der Waals surface area (Å²) in [7, 11) is 0. The summed E-state index contributed by atoms with van der Waals surface area (Å²) in [5.41, 5.74) is 3.85. The lowest BCUT2D eigenvalue weighted by molar-refractivity contribution is 0.0841. The highest BCUT2D eigenvalue weighted by Gasteiger charge is 2.20. The molecule has 1 aliphatic heterocycles. The fourth-order valence-electron chi connectivity index (χ4n) is 3.63. The number of carbonyl (C=O) groups is 1. The van der Waals surface area contributed by atoms with Gasteiger partial charge in [-0.2, -0.15) is 0 Å². The first-order valence-corrected chi connectivity index (χ1v) is 10.3. The van der Waals surface area contributed by atoms with Crippen LogP contribution in [0.2, 0.25) is 0 Å². The van der Waals surface area contributed by atoms with Gasteiger partial charge in [-0.25, -0.2) is 4.98 Å². The summed E-state index contributed by atoms with van der Waals surface area (Å²) in [4.78, 5) is 22.3. The van der Waals surface area contributed by atoms with E-state index in [4.69, 9.17) is 9.15 Å². The predicted molar refractivity (Wildman–Crippen MR) is 114 cm³/mol. The van der Waals surface area contributed by atoms with Crippen LogP contribution in [-0.4, -0.2) is 51.6 Å². The van der Waals surface area contributed by atoms with E-state index in [1.165, 1.54) is 17.5 Å². The standard InChI is InChI=1S/C23H26N4O4/c1-16-22(31-15-26-16)14-30-21-3-2-19-12-27(9-6-18(19)10-21)13-20(28)11-25-23(29)17-4-7-24-8-5-17/h2-5,7-8,10,15,20,28H,6,9,11-14H2,1H3,(H,25,29)/t20-/m0/s1. The lowest BCUT2D eigenvalue weighted by Gasteiger charge is -2.30. The van der Waals surface area contributed by atoms with Gasteiger partial charge in [-0.05, 0) is 48.7 Å². The Morgan fingerprint density at radius 2 is 2.13 bits per heavy atom. The third-order valence-electron chi connectivity index (χ3n) is 5.39. The zero-order valence-electron chi connectivity index (χ0n) is 17.5. The Balaban J connectivity index is 1.25. The number of hydrogen-bond acceptors (Lipinski definition) is 7. The third-order valence-corrected chi connectivity index (χ3v) is 5.39. The Hall–Kier alpha value is -3.23.